The zero-order chi connectivity index (χ0) is 11.1. The Labute approximate surface area is 92.7 Å². The predicted octanol–water partition coefficient (Wildman–Crippen LogP) is 3.30. The molecule has 16 heavy (non-hydrogen) atoms. The number of rotatable bonds is 1. The first-order chi connectivity index (χ1) is 7.81. The van der Waals surface area contributed by atoms with Crippen molar-refractivity contribution in [3.05, 3.63) is 36.2 Å². The topological polar surface area (TPSA) is 35.3 Å². The summed E-state index contributed by atoms with van der Waals surface area (Å²) >= 11 is 0. The number of fused-ring (bicyclic) bond motifs is 3. The number of hydrogen-bond acceptors (Lipinski definition) is 3. The summed E-state index contributed by atoms with van der Waals surface area (Å²) in [5.74, 6) is 0.758. The van der Waals surface area contributed by atoms with Crippen molar-refractivity contribution >= 4 is 21.9 Å². The van der Waals surface area contributed by atoms with Crippen LogP contribution < -0.4 is 4.74 Å². The molecule has 2 heterocycles. The van der Waals surface area contributed by atoms with Crippen LogP contribution in [0.4, 0.5) is 0 Å². The lowest BCUT2D eigenvalue weighted by atomic mass is 10.1. The highest BCUT2D eigenvalue weighted by molar-refractivity contribution is 6.07. The lowest BCUT2D eigenvalue weighted by Crippen LogP contribution is -1.82. The van der Waals surface area contributed by atoms with Gasteiger partial charge >= 0.3 is 0 Å². The van der Waals surface area contributed by atoms with Gasteiger partial charge in [-0.1, -0.05) is 12.1 Å². The molecule has 0 saturated heterocycles. The molecule has 0 unspecified atom stereocenters. The minimum atomic E-state index is 0.758. The molecular weight excluding hydrogens is 202 g/mol. The zero-order valence-electron chi connectivity index (χ0n) is 9.15. The second-order valence-electron chi connectivity index (χ2n) is 3.71. The van der Waals surface area contributed by atoms with Crippen LogP contribution in [0.3, 0.4) is 0 Å². The Kier molecular flexibility index (Phi) is 1.86. The van der Waals surface area contributed by atoms with Gasteiger partial charge in [-0.3, -0.25) is 4.98 Å². The Hall–Kier alpha value is -2.03. The minimum absolute atomic E-state index is 0.758. The van der Waals surface area contributed by atoms with Crippen LogP contribution in [0, 0.1) is 6.92 Å². The number of para-hydroxylation sites is 1. The number of nitrogens with zero attached hydrogens (tertiary/aromatic N) is 1. The smallest absolute Gasteiger partial charge is 0.177 e. The second-order valence-corrected chi connectivity index (χ2v) is 3.71. The van der Waals surface area contributed by atoms with Gasteiger partial charge in [-0.2, -0.15) is 0 Å². The van der Waals surface area contributed by atoms with Crippen molar-refractivity contribution < 1.29 is 9.15 Å². The van der Waals surface area contributed by atoms with Crippen LogP contribution in [-0.2, 0) is 0 Å². The van der Waals surface area contributed by atoms with Crippen molar-refractivity contribution in [3.8, 4) is 5.75 Å². The van der Waals surface area contributed by atoms with E-state index in [0.29, 0.717) is 0 Å². The number of aryl methyl sites for hydroxylation is 1. The van der Waals surface area contributed by atoms with E-state index in [1.165, 1.54) is 0 Å². The Balaban J connectivity index is 2.56. The van der Waals surface area contributed by atoms with E-state index in [1.807, 2.05) is 31.2 Å². The molecule has 3 aromatic rings. The highest BCUT2D eigenvalue weighted by Crippen LogP contribution is 2.35. The Bertz CT molecular complexity index is 670. The Morgan fingerprint density at radius 1 is 1.25 bits per heavy atom. The molecule has 0 spiro atoms. The van der Waals surface area contributed by atoms with Gasteiger partial charge < -0.3 is 9.15 Å². The third-order valence-electron chi connectivity index (χ3n) is 2.78. The predicted molar refractivity (Wildman–Crippen MR) is 62.8 cm³/mol. The van der Waals surface area contributed by atoms with Gasteiger partial charge in [-0.25, -0.2) is 0 Å². The average Bonchev–Trinajstić information content (AvgIpc) is 2.68. The summed E-state index contributed by atoms with van der Waals surface area (Å²) in [5.41, 5.74) is 2.62. The lowest BCUT2D eigenvalue weighted by Gasteiger charge is -1.98. The average molecular weight is 213 g/mol. The fourth-order valence-corrected chi connectivity index (χ4v) is 2.04. The number of furan rings is 1. The molecule has 1 aromatic carbocycles. The maximum atomic E-state index is 5.79. The summed E-state index contributed by atoms with van der Waals surface area (Å²) in [5, 5.41) is 2.12. The first-order valence-electron chi connectivity index (χ1n) is 5.12. The van der Waals surface area contributed by atoms with Gasteiger partial charge in [0.15, 0.2) is 11.3 Å². The summed E-state index contributed by atoms with van der Waals surface area (Å²) in [6.45, 7) is 1.98. The summed E-state index contributed by atoms with van der Waals surface area (Å²) in [4.78, 5) is 4.28. The fraction of sp³-hybridized carbons (Fsp3) is 0.154. The summed E-state index contributed by atoms with van der Waals surface area (Å²) in [6.07, 6.45) is 1.76. The fourth-order valence-electron chi connectivity index (χ4n) is 2.04. The number of aromatic nitrogens is 1. The van der Waals surface area contributed by atoms with E-state index in [0.717, 1.165) is 33.4 Å². The van der Waals surface area contributed by atoms with Crippen LogP contribution in [0.2, 0.25) is 0 Å². The SMILES string of the molecule is COc1cccc2c1oc1ccnc(C)c12. The maximum absolute atomic E-state index is 5.79. The van der Waals surface area contributed by atoms with Crippen LogP contribution in [0.5, 0.6) is 5.75 Å². The molecule has 0 radical (unpaired) electrons. The molecular formula is C13H11NO2. The third kappa shape index (κ3) is 1.11. The van der Waals surface area contributed by atoms with Crippen molar-refractivity contribution in [2.75, 3.05) is 7.11 Å². The summed E-state index contributed by atoms with van der Waals surface area (Å²) in [7, 11) is 1.65. The Morgan fingerprint density at radius 3 is 2.94 bits per heavy atom. The number of hydrogen-bond donors (Lipinski definition) is 0. The van der Waals surface area contributed by atoms with Crippen molar-refractivity contribution in [1.29, 1.82) is 0 Å². The van der Waals surface area contributed by atoms with Gasteiger partial charge in [-0.05, 0) is 19.1 Å². The number of methoxy groups -OCH3 is 1. The second kappa shape index (κ2) is 3.23. The van der Waals surface area contributed by atoms with E-state index in [1.54, 1.807) is 13.3 Å². The van der Waals surface area contributed by atoms with Gasteiger partial charge in [0, 0.05) is 22.7 Å². The number of pyridine rings is 1. The molecule has 0 bridgehead atoms. The van der Waals surface area contributed by atoms with Crippen LogP contribution >= 0.6 is 0 Å². The quantitative estimate of drug-likeness (QED) is 0.622. The standard InChI is InChI=1S/C13H11NO2/c1-8-12-9-4-3-5-11(15-2)13(9)16-10(12)6-7-14-8/h3-7H,1-2H3. The molecule has 0 atom stereocenters. The molecule has 0 saturated carbocycles. The van der Waals surface area contributed by atoms with Gasteiger partial charge in [0.05, 0.1) is 7.11 Å². The lowest BCUT2D eigenvalue weighted by molar-refractivity contribution is 0.412. The minimum Gasteiger partial charge on any atom is -0.493 e. The molecule has 3 nitrogen and oxygen atoms in total. The normalized spacial score (nSPS) is 11.1. The van der Waals surface area contributed by atoms with E-state index < -0.39 is 0 Å². The van der Waals surface area contributed by atoms with Gasteiger partial charge in [0.2, 0.25) is 0 Å². The summed E-state index contributed by atoms with van der Waals surface area (Å²) in [6, 6.07) is 7.76. The van der Waals surface area contributed by atoms with Crippen LogP contribution in [-0.4, -0.2) is 12.1 Å². The molecule has 0 N–H and O–H groups in total. The van der Waals surface area contributed by atoms with E-state index in [4.69, 9.17) is 9.15 Å². The molecule has 0 amide bonds. The van der Waals surface area contributed by atoms with E-state index in [-0.39, 0.29) is 0 Å². The zero-order valence-corrected chi connectivity index (χ0v) is 9.15. The molecule has 80 valence electrons. The van der Waals surface area contributed by atoms with Crippen LogP contribution in [0.25, 0.3) is 21.9 Å². The first-order valence-corrected chi connectivity index (χ1v) is 5.12. The highest BCUT2D eigenvalue weighted by Gasteiger charge is 2.12. The van der Waals surface area contributed by atoms with Gasteiger partial charge in [0.25, 0.3) is 0 Å². The number of ether oxygens (including phenoxy) is 1. The van der Waals surface area contributed by atoms with Gasteiger partial charge in [-0.15, -0.1) is 0 Å². The largest absolute Gasteiger partial charge is 0.493 e. The van der Waals surface area contributed by atoms with Gasteiger partial charge in [0.1, 0.15) is 5.58 Å². The third-order valence-corrected chi connectivity index (χ3v) is 2.78. The summed E-state index contributed by atoms with van der Waals surface area (Å²) < 4.78 is 11.1. The van der Waals surface area contributed by atoms with Crippen molar-refractivity contribution in [2.24, 2.45) is 0 Å². The maximum Gasteiger partial charge on any atom is 0.177 e. The molecule has 2 aromatic heterocycles. The van der Waals surface area contributed by atoms with E-state index in [2.05, 4.69) is 4.98 Å². The van der Waals surface area contributed by atoms with Crippen molar-refractivity contribution in [2.45, 2.75) is 6.92 Å². The molecule has 0 aliphatic heterocycles. The molecule has 0 fully saturated rings. The van der Waals surface area contributed by atoms with Crippen molar-refractivity contribution in [3.63, 3.8) is 0 Å². The van der Waals surface area contributed by atoms with Crippen molar-refractivity contribution in [1.82, 2.24) is 4.98 Å². The highest BCUT2D eigenvalue weighted by atomic mass is 16.5. The van der Waals surface area contributed by atoms with Crippen LogP contribution in [0.15, 0.2) is 34.9 Å². The molecule has 0 aliphatic carbocycles. The first kappa shape index (κ1) is 9.21. The Morgan fingerprint density at radius 2 is 2.12 bits per heavy atom. The van der Waals surface area contributed by atoms with Crippen LogP contribution in [0.1, 0.15) is 5.69 Å². The molecule has 3 heteroatoms. The molecule has 3 rings (SSSR count). The van der Waals surface area contributed by atoms with E-state index in [9.17, 15) is 0 Å². The number of benzene rings is 1. The van der Waals surface area contributed by atoms with E-state index >= 15 is 0 Å². The molecule has 0 aliphatic rings. The monoisotopic (exact) mass is 213 g/mol.